The third kappa shape index (κ3) is 5.83. The lowest BCUT2D eigenvalue weighted by atomic mass is 9.91. The molecule has 13 nitrogen and oxygen atoms in total. The highest BCUT2D eigenvalue weighted by Gasteiger charge is 2.49. The van der Waals surface area contributed by atoms with Crippen molar-refractivity contribution in [3.8, 4) is 5.75 Å². The van der Waals surface area contributed by atoms with Crippen LogP contribution in [0.5, 0.6) is 5.75 Å². The Hall–Kier alpha value is -3.64. The molecule has 1 spiro atoms. The number of ether oxygens (including phenoxy) is 4. The number of carbonyl (C=O) groups excluding carboxylic acids is 3. The first-order valence-corrected chi connectivity index (χ1v) is 10.9. The number of amides is 2. The Balaban J connectivity index is 1.69. The van der Waals surface area contributed by atoms with E-state index in [4.69, 9.17) is 18.9 Å². The van der Waals surface area contributed by atoms with E-state index >= 15 is 0 Å². The number of carbonyl (C=O) groups is 3. The highest BCUT2D eigenvalue weighted by Crippen LogP contribution is 2.37. The Morgan fingerprint density at radius 1 is 1.26 bits per heavy atom. The molecule has 3 rings (SSSR count). The molecular formula is C21H28N4O9. The lowest BCUT2D eigenvalue weighted by Crippen LogP contribution is -2.49. The van der Waals surface area contributed by atoms with Crippen molar-refractivity contribution in [1.29, 1.82) is 0 Å². The van der Waals surface area contributed by atoms with Gasteiger partial charge in [0.2, 0.25) is 5.75 Å². The Kier molecular flexibility index (Phi) is 7.12. The van der Waals surface area contributed by atoms with Crippen LogP contribution >= 0.6 is 0 Å². The van der Waals surface area contributed by atoms with E-state index in [-0.39, 0.29) is 24.7 Å². The van der Waals surface area contributed by atoms with Gasteiger partial charge < -0.3 is 34.0 Å². The van der Waals surface area contributed by atoms with E-state index in [9.17, 15) is 24.5 Å². The Labute approximate surface area is 196 Å². The van der Waals surface area contributed by atoms with Crippen molar-refractivity contribution in [3.05, 3.63) is 22.2 Å². The topological polar surface area (TPSA) is 151 Å². The third-order valence-electron chi connectivity index (χ3n) is 5.22. The van der Waals surface area contributed by atoms with Crippen molar-refractivity contribution >= 4 is 29.8 Å². The fourth-order valence-corrected chi connectivity index (χ4v) is 3.64. The van der Waals surface area contributed by atoms with Crippen molar-refractivity contribution in [2.75, 3.05) is 37.7 Å². The quantitative estimate of drug-likeness (QED) is 0.257. The third-order valence-corrected chi connectivity index (χ3v) is 5.22. The van der Waals surface area contributed by atoms with Gasteiger partial charge in [-0.1, -0.05) is 0 Å². The number of hydrogen-bond acceptors (Lipinski definition) is 10. The predicted octanol–water partition coefficient (Wildman–Crippen LogP) is 2.66. The summed E-state index contributed by atoms with van der Waals surface area (Å²) >= 11 is 0. The van der Waals surface area contributed by atoms with Crippen LogP contribution in [0.25, 0.3) is 0 Å². The highest BCUT2D eigenvalue weighted by atomic mass is 16.6. The van der Waals surface area contributed by atoms with E-state index in [1.54, 1.807) is 32.6 Å². The first-order chi connectivity index (χ1) is 15.9. The van der Waals surface area contributed by atoms with Gasteiger partial charge >= 0.3 is 24.0 Å². The largest absolute Gasteiger partial charge is 0.474 e. The summed E-state index contributed by atoms with van der Waals surface area (Å²) in [6, 6.07) is 2.65. The van der Waals surface area contributed by atoms with Crippen LogP contribution in [0.4, 0.5) is 21.2 Å². The number of nitro groups is 1. The van der Waals surface area contributed by atoms with Gasteiger partial charge in [-0.2, -0.15) is 0 Å². The first kappa shape index (κ1) is 25.0. The summed E-state index contributed by atoms with van der Waals surface area (Å²) in [7, 11) is 0. The lowest BCUT2D eigenvalue weighted by molar-refractivity contribution is -0.390. The maximum Gasteiger partial charge on any atom is 0.417 e. The van der Waals surface area contributed by atoms with Crippen molar-refractivity contribution in [1.82, 2.24) is 9.88 Å². The monoisotopic (exact) mass is 480 g/mol. The fourth-order valence-electron chi connectivity index (χ4n) is 3.64. The standard InChI is InChI=1S/C21H28N4O9/c1-5-31-16(26)12-32-14-6-7-15(22-17(14)25(29)30)24-13-21(34-19(24)28)8-10-23(11-9-21)18(27)33-20(2,3)4/h6-7H,5,8-13H2,1-4H3. The van der Waals surface area contributed by atoms with E-state index in [0.29, 0.717) is 25.9 Å². The maximum absolute atomic E-state index is 12.6. The molecule has 0 bridgehead atoms. The van der Waals surface area contributed by atoms with Gasteiger partial charge in [0.1, 0.15) is 11.2 Å². The van der Waals surface area contributed by atoms with E-state index in [0.717, 1.165) is 0 Å². The number of piperidine rings is 1. The number of rotatable bonds is 6. The molecule has 2 amide bonds. The van der Waals surface area contributed by atoms with E-state index in [1.165, 1.54) is 17.0 Å². The average Bonchev–Trinajstić information content (AvgIpc) is 3.07. The average molecular weight is 480 g/mol. The molecule has 0 saturated carbocycles. The fraction of sp³-hybridized carbons (Fsp3) is 0.619. The minimum absolute atomic E-state index is 0.0200. The van der Waals surface area contributed by atoms with Crippen LogP contribution in [0.2, 0.25) is 0 Å². The van der Waals surface area contributed by atoms with Crippen LogP contribution in [0.15, 0.2) is 12.1 Å². The molecule has 34 heavy (non-hydrogen) atoms. The van der Waals surface area contributed by atoms with E-state index < -0.39 is 46.7 Å². The summed E-state index contributed by atoms with van der Waals surface area (Å²) < 4.78 is 20.9. The number of nitrogens with zero attached hydrogens (tertiary/aromatic N) is 4. The van der Waals surface area contributed by atoms with Gasteiger partial charge in [0.15, 0.2) is 6.61 Å². The summed E-state index contributed by atoms with van der Waals surface area (Å²) in [6.45, 7) is 7.41. The number of aromatic nitrogens is 1. The minimum Gasteiger partial charge on any atom is -0.474 e. The van der Waals surface area contributed by atoms with Crippen LogP contribution in [0.3, 0.4) is 0 Å². The molecule has 2 fully saturated rings. The second-order valence-electron chi connectivity index (χ2n) is 8.95. The zero-order valence-electron chi connectivity index (χ0n) is 19.6. The molecule has 0 atom stereocenters. The summed E-state index contributed by atoms with van der Waals surface area (Å²) in [6.07, 6.45) is -0.346. The van der Waals surface area contributed by atoms with Crippen molar-refractivity contribution in [2.45, 2.75) is 51.7 Å². The number of pyridine rings is 1. The van der Waals surface area contributed by atoms with Crippen LogP contribution in [-0.4, -0.2) is 77.0 Å². The molecule has 2 aliphatic heterocycles. The van der Waals surface area contributed by atoms with Gasteiger partial charge in [-0.25, -0.2) is 19.3 Å². The molecular weight excluding hydrogens is 452 g/mol. The summed E-state index contributed by atoms with van der Waals surface area (Å²) in [5, 5.41) is 11.5. The molecule has 2 aliphatic rings. The number of hydrogen-bond donors (Lipinski definition) is 0. The first-order valence-electron chi connectivity index (χ1n) is 10.9. The molecule has 2 saturated heterocycles. The lowest BCUT2D eigenvalue weighted by Gasteiger charge is -2.37. The highest BCUT2D eigenvalue weighted by molar-refractivity contribution is 5.89. The molecule has 1 aromatic heterocycles. The summed E-state index contributed by atoms with van der Waals surface area (Å²) in [4.78, 5) is 53.8. The Morgan fingerprint density at radius 2 is 1.94 bits per heavy atom. The van der Waals surface area contributed by atoms with Crippen molar-refractivity contribution in [3.63, 3.8) is 0 Å². The molecule has 0 N–H and O–H groups in total. The molecule has 0 radical (unpaired) electrons. The normalized spacial score (nSPS) is 17.4. The molecule has 1 aromatic rings. The van der Waals surface area contributed by atoms with Gasteiger partial charge in [-0.05, 0) is 43.7 Å². The Morgan fingerprint density at radius 3 is 2.53 bits per heavy atom. The zero-order chi connectivity index (χ0) is 25.1. The van der Waals surface area contributed by atoms with Crippen LogP contribution < -0.4 is 9.64 Å². The molecule has 3 heterocycles. The molecule has 0 aromatic carbocycles. The summed E-state index contributed by atoms with van der Waals surface area (Å²) in [5.41, 5.74) is -1.46. The van der Waals surface area contributed by atoms with Crippen molar-refractivity contribution in [2.24, 2.45) is 0 Å². The van der Waals surface area contributed by atoms with E-state index in [2.05, 4.69) is 4.98 Å². The molecule has 13 heteroatoms. The maximum atomic E-state index is 12.6. The van der Waals surface area contributed by atoms with Gasteiger partial charge in [0.05, 0.1) is 13.2 Å². The molecule has 186 valence electrons. The summed E-state index contributed by atoms with van der Waals surface area (Å²) in [5.74, 6) is -1.53. The van der Waals surface area contributed by atoms with E-state index in [1.807, 2.05) is 0 Å². The predicted molar refractivity (Wildman–Crippen MR) is 117 cm³/mol. The van der Waals surface area contributed by atoms with Gasteiger partial charge in [0, 0.05) is 32.0 Å². The van der Waals surface area contributed by atoms with Gasteiger partial charge in [-0.15, -0.1) is 0 Å². The van der Waals surface area contributed by atoms with Crippen LogP contribution in [0.1, 0.15) is 40.5 Å². The second kappa shape index (κ2) is 9.69. The zero-order valence-corrected chi connectivity index (χ0v) is 19.6. The Bertz CT molecular complexity index is 967. The van der Waals surface area contributed by atoms with Crippen molar-refractivity contribution < 1.29 is 38.3 Å². The minimum atomic E-state index is -0.842. The number of esters is 1. The van der Waals surface area contributed by atoms with Gasteiger partial charge in [-0.3, -0.25) is 0 Å². The second-order valence-corrected chi connectivity index (χ2v) is 8.95. The number of anilines is 1. The van der Waals surface area contributed by atoms with Gasteiger partial charge in [0.25, 0.3) is 5.82 Å². The molecule has 0 unspecified atom stereocenters. The molecule has 0 aliphatic carbocycles. The van der Waals surface area contributed by atoms with Crippen LogP contribution in [-0.2, 0) is 19.0 Å². The smallest absolute Gasteiger partial charge is 0.417 e. The number of likely N-dealkylation sites (tertiary alicyclic amines) is 1. The van der Waals surface area contributed by atoms with Crippen LogP contribution in [0, 0.1) is 10.1 Å². The SMILES string of the molecule is CCOC(=O)COc1ccc(N2CC3(CCN(C(=O)OC(C)(C)C)CC3)OC2=O)nc1[N+](=O)[O-].